The molecule has 56 heavy (non-hydrogen) atoms. The van der Waals surface area contributed by atoms with Gasteiger partial charge in [-0.05, 0) is 65.4 Å². The Bertz CT molecular complexity index is 2110. The molecule has 10 heteroatoms. The zero-order valence-electron chi connectivity index (χ0n) is 31.3. The molecule has 6 atom stereocenters. The van der Waals surface area contributed by atoms with Crippen molar-refractivity contribution in [2.75, 3.05) is 38.2 Å². The van der Waals surface area contributed by atoms with Crippen LogP contribution in [0.15, 0.2) is 103 Å². The second-order valence-corrected chi connectivity index (χ2v) is 15.0. The van der Waals surface area contributed by atoms with Gasteiger partial charge in [0.2, 0.25) is 11.8 Å². The summed E-state index contributed by atoms with van der Waals surface area (Å²) in [5.41, 5.74) is 2.58. The van der Waals surface area contributed by atoms with Crippen molar-refractivity contribution in [3.05, 3.63) is 131 Å². The molecule has 0 saturated carbocycles. The van der Waals surface area contributed by atoms with E-state index < -0.39 is 41.5 Å². The molecule has 3 N–H and O–H groups in total. The number of esters is 1. The molecule has 0 bridgehead atoms. The molecule has 0 aromatic heterocycles. The highest BCUT2D eigenvalue weighted by Gasteiger charge is 2.74. The van der Waals surface area contributed by atoms with Crippen LogP contribution in [0.4, 0.5) is 5.69 Å². The van der Waals surface area contributed by atoms with E-state index in [9.17, 15) is 10.2 Å². The van der Waals surface area contributed by atoms with Crippen LogP contribution < -0.4 is 10.1 Å². The molecule has 0 radical (unpaired) electrons. The third-order valence-electron chi connectivity index (χ3n) is 11.8. The number of anilines is 1. The predicted molar refractivity (Wildman–Crippen MR) is 210 cm³/mol. The van der Waals surface area contributed by atoms with Gasteiger partial charge in [0.15, 0.2) is 0 Å². The Balaban J connectivity index is 1.42. The summed E-state index contributed by atoms with van der Waals surface area (Å²) in [5, 5.41) is 22.1. The lowest BCUT2D eigenvalue weighted by Crippen LogP contribution is -2.55. The highest BCUT2D eigenvalue weighted by Crippen LogP contribution is 2.65. The number of benzene rings is 4. The zero-order chi connectivity index (χ0) is 38.6. The summed E-state index contributed by atoms with van der Waals surface area (Å²) in [5.74, 6) is 4.38. The second-order valence-electron chi connectivity index (χ2n) is 15.0. The molecular formula is C46H47N3O7. The largest absolute Gasteiger partial charge is 0.491 e. The van der Waals surface area contributed by atoms with Crippen molar-refractivity contribution < 1.29 is 34.1 Å². The molecule has 288 valence electrons. The first kappa shape index (κ1) is 37.5. The monoisotopic (exact) mass is 753 g/mol. The third-order valence-corrected chi connectivity index (χ3v) is 11.8. The van der Waals surface area contributed by atoms with Crippen LogP contribution in [0.5, 0.6) is 5.75 Å². The van der Waals surface area contributed by atoms with Crippen LogP contribution in [0, 0.1) is 17.8 Å². The van der Waals surface area contributed by atoms with Crippen molar-refractivity contribution in [3.63, 3.8) is 0 Å². The first-order valence-electron chi connectivity index (χ1n) is 19.7. The molecule has 4 heterocycles. The van der Waals surface area contributed by atoms with E-state index in [1.54, 1.807) is 12.1 Å². The Morgan fingerprint density at radius 3 is 2.16 bits per heavy atom. The fourth-order valence-corrected chi connectivity index (χ4v) is 9.45. The summed E-state index contributed by atoms with van der Waals surface area (Å²) in [6.45, 7) is 0.946. The molecule has 0 unspecified atom stereocenters. The van der Waals surface area contributed by atoms with Gasteiger partial charge in [0, 0.05) is 30.8 Å². The highest BCUT2D eigenvalue weighted by molar-refractivity contribution is 6.12. The van der Waals surface area contributed by atoms with E-state index in [0.717, 1.165) is 48.8 Å². The van der Waals surface area contributed by atoms with Crippen LogP contribution in [0.2, 0.25) is 0 Å². The molecule has 3 saturated heterocycles. The lowest BCUT2D eigenvalue weighted by Gasteiger charge is -2.46. The number of ether oxygens (including phenoxy) is 2. The zero-order valence-corrected chi connectivity index (χ0v) is 31.3. The van der Waals surface area contributed by atoms with Gasteiger partial charge in [0.25, 0.3) is 0 Å². The second kappa shape index (κ2) is 16.3. The van der Waals surface area contributed by atoms with Gasteiger partial charge in [-0.25, -0.2) is 0 Å². The maximum atomic E-state index is 15.6. The first-order valence-corrected chi connectivity index (χ1v) is 19.7. The minimum Gasteiger partial charge on any atom is -0.491 e. The number of carbonyl (C=O) groups excluding carboxylic acids is 3. The molecule has 2 amide bonds. The Morgan fingerprint density at radius 1 is 0.804 bits per heavy atom. The number of nitrogens with zero attached hydrogens (tertiary/aromatic N) is 2. The number of likely N-dealkylation sites (tertiary alicyclic amines) is 1. The van der Waals surface area contributed by atoms with E-state index in [0.29, 0.717) is 35.7 Å². The van der Waals surface area contributed by atoms with Crippen LogP contribution in [-0.2, 0) is 24.5 Å². The topological polar surface area (TPSA) is 129 Å². The number of rotatable bonds is 8. The fraction of sp³-hybridized carbons (Fsp3) is 0.370. The van der Waals surface area contributed by atoms with Gasteiger partial charge in [-0.15, -0.1) is 0 Å². The van der Waals surface area contributed by atoms with E-state index in [-0.39, 0.29) is 38.1 Å². The first-order chi connectivity index (χ1) is 27.5. The molecule has 10 nitrogen and oxygen atoms in total. The lowest BCUT2D eigenvalue weighted by atomic mass is 9.65. The number of hydrogen-bond donors (Lipinski definition) is 3. The van der Waals surface area contributed by atoms with Gasteiger partial charge in [-0.1, -0.05) is 104 Å². The molecule has 8 rings (SSSR count). The molecule has 4 aliphatic rings. The van der Waals surface area contributed by atoms with Gasteiger partial charge in [-0.3, -0.25) is 19.3 Å². The molecule has 4 aromatic carbocycles. The minimum absolute atomic E-state index is 0.0867. The number of fused-ring (bicyclic) bond motifs is 3. The quantitative estimate of drug-likeness (QED) is 0.151. The van der Waals surface area contributed by atoms with Crippen LogP contribution >= 0.6 is 0 Å². The summed E-state index contributed by atoms with van der Waals surface area (Å²) in [7, 11) is 0. The normalized spacial score (nSPS) is 25.9. The fourth-order valence-electron chi connectivity index (χ4n) is 9.45. The Kier molecular flexibility index (Phi) is 10.9. The van der Waals surface area contributed by atoms with Gasteiger partial charge < -0.3 is 29.9 Å². The van der Waals surface area contributed by atoms with Crippen LogP contribution in [-0.4, -0.2) is 76.7 Å². The Labute approximate surface area is 327 Å². The Hall–Kier alpha value is -5.47. The van der Waals surface area contributed by atoms with Gasteiger partial charge in [0.1, 0.15) is 29.9 Å². The van der Waals surface area contributed by atoms with E-state index in [1.165, 1.54) is 0 Å². The summed E-state index contributed by atoms with van der Waals surface area (Å²) >= 11 is 0. The van der Waals surface area contributed by atoms with Crippen molar-refractivity contribution in [2.45, 2.75) is 68.2 Å². The maximum Gasteiger partial charge on any atom is 0.324 e. The summed E-state index contributed by atoms with van der Waals surface area (Å²) < 4.78 is 12.3. The molecule has 0 aliphatic carbocycles. The SMILES string of the molecule is O=C1O[C@@H](c2ccccc2)[C@@H](c2ccccc2)N2[C@@H](c3ccc(OCCO)cc3)[C@]3(C(=O)Nc4ccc(C#CCCO)cc43)[C@@H](C(=O)N3CCCCCCC3)[C@H]12. The number of cyclic esters (lactones) is 1. The number of morpholine rings is 1. The van der Waals surface area contributed by atoms with Crippen molar-refractivity contribution >= 4 is 23.5 Å². The van der Waals surface area contributed by atoms with Gasteiger partial charge in [0.05, 0.1) is 31.2 Å². The average molecular weight is 754 g/mol. The van der Waals surface area contributed by atoms with Gasteiger partial charge in [-0.2, -0.15) is 0 Å². The van der Waals surface area contributed by atoms with E-state index in [2.05, 4.69) is 22.1 Å². The number of carbonyl (C=O) groups is 3. The maximum absolute atomic E-state index is 15.6. The minimum atomic E-state index is -1.60. The van der Waals surface area contributed by atoms with E-state index >= 15 is 14.4 Å². The number of aliphatic hydroxyl groups is 2. The van der Waals surface area contributed by atoms with Crippen LogP contribution in [0.3, 0.4) is 0 Å². The van der Waals surface area contributed by atoms with Crippen molar-refractivity contribution in [2.24, 2.45) is 5.92 Å². The summed E-state index contributed by atoms with van der Waals surface area (Å²) in [6.07, 6.45) is 4.29. The van der Waals surface area contributed by atoms with Crippen LogP contribution in [0.25, 0.3) is 0 Å². The van der Waals surface area contributed by atoms with Crippen molar-refractivity contribution in [3.8, 4) is 17.6 Å². The summed E-state index contributed by atoms with van der Waals surface area (Å²) in [4.78, 5) is 50.1. The molecular weight excluding hydrogens is 707 g/mol. The lowest BCUT2D eigenvalue weighted by molar-refractivity contribution is -0.179. The van der Waals surface area contributed by atoms with Crippen LogP contribution in [0.1, 0.15) is 84.5 Å². The molecule has 4 aliphatic heterocycles. The number of amides is 2. The summed E-state index contributed by atoms with van der Waals surface area (Å²) in [6, 6.07) is 29.9. The van der Waals surface area contributed by atoms with Gasteiger partial charge >= 0.3 is 5.97 Å². The number of nitrogens with one attached hydrogen (secondary N) is 1. The van der Waals surface area contributed by atoms with Crippen molar-refractivity contribution in [1.82, 2.24) is 9.80 Å². The molecule has 1 spiro atoms. The predicted octanol–water partition coefficient (Wildman–Crippen LogP) is 5.86. The average Bonchev–Trinajstić information content (AvgIpc) is 3.69. The molecule has 3 fully saturated rings. The van der Waals surface area contributed by atoms with E-state index in [1.807, 2.05) is 95.9 Å². The standard InChI is InChI=1S/C46H47N3O7/c50-27-13-10-14-31-19-24-37-36(30-31)46(45(54)47-37)38(43(52)48-25-11-2-1-3-12-26-48)40-44(53)56-41(33-17-8-5-9-18-33)39(32-15-6-4-7-16-32)49(40)42(46)34-20-22-35(23-21-34)55-29-28-51/h4-9,15-24,30,38-42,50-51H,1-3,11-13,25-29H2,(H,47,54)/t38-,39-,40-,41+,42+,46-/m1/s1. The Morgan fingerprint density at radius 2 is 1.48 bits per heavy atom. The molecule has 4 aromatic rings. The third kappa shape index (κ3) is 6.64. The number of aliphatic hydroxyl groups excluding tert-OH is 2. The van der Waals surface area contributed by atoms with E-state index in [4.69, 9.17) is 9.47 Å². The highest BCUT2D eigenvalue weighted by atomic mass is 16.6. The van der Waals surface area contributed by atoms with Crippen molar-refractivity contribution in [1.29, 1.82) is 0 Å². The number of hydrogen-bond acceptors (Lipinski definition) is 8. The smallest absolute Gasteiger partial charge is 0.324 e.